The SMILES string of the molecule is CCC(O)CN1C[C@@H]2CCCN[C@@H]2C1. The van der Waals surface area contributed by atoms with Gasteiger partial charge in [-0.2, -0.15) is 0 Å². The second-order valence-corrected chi connectivity index (χ2v) is 4.74. The molecule has 0 saturated carbocycles. The van der Waals surface area contributed by atoms with E-state index in [4.69, 9.17) is 0 Å². The van der Waals surface area contributed by atoms with Gasteiger partial charge in [0, 0.05) is 25.7 Å². The van der Waals surface area contributed by atoms with Crippen LogP contribution in [0.15, 0.2) is 0 Å². The molecule has 2 aliphatic heterocycles. The maximum absolute atomic E-state index is 9.59. The van der Waals surface area contributed by atoms with Crippen LogP contribution in [0.25, 0.3) is 0 Å². The summed E-state index contributed by atoms with van der Waals surface area (Å²) in [5.41, 5.74) is 0. The van der Waals surface area contributed by atoms with Gasteiger partial charge in [-0.05, 0) is 31.7 Å². The smallest absolute Gasteiger partial charge is 0.0664 e. The molecule has 14 heavy (non-hydrogen) atoms. The van der Waals surface area contributed by atoms with E-state index in [0.29, 0.717) is 6.04 Å². The second kappa shape index (κ2) is 4.60. The number of fused-ring (bicyclic) bond motifs is 1. The van der Waals surface area contributed by atoms with Gasteiger partial charge in [0.25, 0.3) is 0 Å². The molecule has 2 saturated heterocycles. The molecular weight excluding hydrogens is 176 g/mol. The highest BCUT2D eigenvalue weighted by Gasteiger charge is 2.34. The molecule has 2 aliphatic rings. The third-order valence-electron chi connectivity index (χ3n) is 3.62. The van der Waals surface area contributed by atoms with Gasteiger partial charge in [0.15, 0.2) is 0 Å². The quantitative estimate of drug-likeness (QED) is 0.691. The number of aliphatic hydroxyl groups is 1. The molecular formula is C11H22N2O. The lowest BCUT2D eigenvalue weighted by molar-refractivity contribution is 0.119. The van der Waals surface area contributed by atoms with E-state index in [2.05, 4.69) is 10.2 Å². The summed E-state index contributed by atoms with van der Waals surface area (Å²) in [4.78, 5) is 2.42. The molecule has 1 unspecified atom stereocenters. The molecule has 2 rings (SSSR count). The fourth-order valence-corrected chi connectivity index (χ4v) is 2.71. The molecule has 0 aliphatic carbocycles. The van der Waals surface area contributed by atoms with Gasteiger partial charge in [-0.1, -0.05) is 6.92 Å². The molecule has 2 heterocycles. The molecule has 3 heteroatoms. The third kappa shape index (κ3) is 2.27. The highest BCUT2D eigenvalue weighted by atomic mass is 16.3. The fraction of sp³-hybridized carbons (Fsp3) is 1.00. The van der Waals surface area contributed by atoms with Crippen molar-refractivity contribution in [3.05, 3.63) is 0 Å². The van der Waals surface area contributed by atoms with Gasteiger partial charge in [-0.3, -0.25) is 4.90 Å². The topological polar surface area (TPSA) is 35.5 Å². The fourth-order valence-electron chi connectivity index (χ4n) is 2.71. The Kier molecular flexibility index (Phi) is 3.42. The Hall–Kier alpha value is -0.120. The maximum Gasteiger partial charge on any atom is 0.0664 e. The van der Waals surface area contributed by atoms with Crippen LogP contribution in [0.5, 0.6) is 0 Å². The van der Waals surface area contributed by atoms with Crippen LogP contribution < -0.4 is 5.32 Å². The van der Waals surface area contributed by atoms with Crippen molar-refractivity contribution in [1.82, 2.24) is 10.2 Å². The minimum absolute atomic E-state index is 0.129. The number of hydrogen-bond acceptors (Lipinski definition) is 3. The number of β-amino-alcohol motifs (C(OH)–C–C–N with tert-alkyl or cyclic N) is 1. The van der Waals surface area contributed by atoms with Crippen LogP contribution in [-0.2, 0) is 0 Å². The van der Waals surface area contributed by atoms with E-state index in [1.807, 2.05) is 6.92 Å². The van der Waals surface area contributed by atoms with Gasteiger partial charge in [-0.15, -0.1) is 0 Å². The summed E-state index contributed by atoms with van der Waals surface area (Å²) in [7, 11) is 0. The number of nitrogens with zero attached hydrogens (tertiary/aromatic N) is 1. The molecule has 2 fully saturated rings. The van der Waals surface area contributed by atoms with Gasteiger partial charge in [0.05, 0.1) is 6.10 Å². The summed E-state index contributed by atoms with van der Waals surface area (Å²) in [5, 5.41) is 13.2. The van der Waals surface area contributed by atoms with Gasteiger partial charge >= 0.3 is 0 Å². The summed E-state index contributed by atoms with van der Waals surface area (Å²) >= 11 is 0. The highest BCUT2D eigenvalue weighted by molar-refractivity contribution is 4.92. The highest BCUT2D eigenvalue weighted by Crippen LogP contribution is 2.24. The zero-order valence-electron chi connectivity index (χ0n) is 9.08. The lowest BCUT2D eigenvalue weighted by Crippen LogP contribution is -2.41. The molecule has 0 radical (unpaired) electrons. The van der Waals surface area contributed by atoms with E-state index in [0.717, 1.165) is 25.4 Å². The van der Waals surface area contributed by atoms with E-state index < -0.39 is 0 Å². The minimum atomic E-state index is -0.129. The average Bonchev–Trinajstić information content (AvgIpc) is 2.59. The van der Waals surface area contributed by atoms with Crippen molar-refractivity contribution in [2.45, 2.75) is 38.3 Å². The van der Waals surface area contributed by atoms with E-state index >= 15 is 0 Å². The van der Waals surface area contributed by atoms with Gasteiger partial charge in [0.1, 0.15) is 0 Å². The molecule has 0 bridgehead atoms. The number of aliphatic hydroxyl groups excluding tert-OH is 1. The average molecular weight is 198 g/mol. The van der Waals surface area contributed by atoms with E-state index in [1.165, 1.54) is 25.9 Å². The van der Waals surface area contributed by atoms with Crippen LogP contribution in [0, 0.1) is 5.92 Å². The van der Waals surface area contributed by atoms with E-state index in [1.54, 1.807) is 0 Å². The standard InChI is InChI=1S/C11H22N2O/c1-2-10(14)7-13-6-9-4-3-5-12-11(9)8-13/h9-12,14H,2-8H2,1H3/t9-,10?,11+/m0/s1. The molecule has 82 valence electrons. The Morgan fingerprint density at radius 3 is 3.07 bits per heavy atom. The number of rotatable bonds is 3. The minimum Gasteiger partial charge on any atom is -0.392 e. The molecule has 0 aromatic rings. The summed E-state index contributed by atoms with van der Waals surface area (Å²) in [6.07, 6.45) is 3.44. The molecule has 3 nitrogen and oxygen atoms in total. The Morgan fingerprint density at radius 1 is 1.50 bits per heavy atom. The van der Waals surface area contributed by atoms with Crippen LogP contribution in [0.4, 0.5) is 0 Å². The normalized spacial score (nSPS) is 35.6. The van der Waals surface area contributed by atoms with Gasteiger partial charge in [0.2, 0.25) is 0 Å². The summed E-state index contributed by atoms with van der Waals surface area (Å²) in [6.45, 7) is 6.43. The van der Waals surface area contributed by atoms with Crippen molar-refractivity contribution in [3.8, 4) is 0 Å². The molecule has 0 aromatic heterocycles. The van der Waals surface area contributed by atoms with Crippen molar-refractivity contribution in [1.29, 1.82) is 0 Å². The first-order valence-electron chi connectivity index (χ1n) is 5.93. The lowest BCUT2D eigenvalue weighted by Gasteiger charge is -2.24. The number of likely N-dealkylation sites (tertiary alicyclic amines) is 1. The monoisotopic (exact) mass is 198 g/mol. The van der Waals surface area contributed by atoms with Gasteiger partial charge in [-0.25, -0.2) is 0 Å². The molecule has 0 aromatic carbocycles. The Balaban J connectivity index is 1.80. The van der Waals surface area contributed by atoms with Crippen molar-refractivity contribution in [2.24, 2.45) is 5.92 Å². The number of nitrogens with one attached hydrogen (secondary N) is 1. The summed E-state index contributed by atoms with van der Waals surface area (Å²) in [6, 6.07) is 0.702. The Labute approximate surface area is 86.5 Å². The third-order valence-corrected chi connectivity index (χ3v) is 3.62. The van der Waals surface area contributed by atoms with Crippen LogP contribution in [0.2, 0.25) is 0 Å². The first kappa shape index (κ1) is 10.4. The zero-order chi connectivity index (χ0) is 9.97. The largest absolute Gasteiger partial charge is 0.392 e. The molecule has 3 atom stereocenters. The maximum atomic E-state index is 9.59. The van der Waals surface area contributed by atoms with E-state index in [9.17, 15) is 5.11 Å². The number of hydrogen-bond donors (Lipinski definition) is 2. The predicted octanol–water partition coefficient (Wildman–Crippen LogP) is 0.441. The molecule has 2 N–H and O–H groups in total. The van der Waals surface area contributed by atoms with Crippen molar-refractivity contribution < 1.29 is 5.11 Å². The number of piperidine rings is 1. The summed E-state index contributed by atoms with van der Waals surface area (Å²) in [5.74, 6) is 0.841. The lowest BCUT2D eigenvalue weighted by atomic mass is 9.94. The zero-order valence-corrected chi connectivity index (χ0v) is 9.08. The van der Waals surface area contributed by atoms with Crippen LogP contribution >= 0.6 is 0 Å². The molecule has 0 spiro atoms. The van der Waals surface area contributed by atoms with Gasteiger partial charge < -0.3 is 10.4 Å². The van der Waals surface area contributed by atoms with Crippen molar-refractivity contribution in [2.75, 3.05) is 26.2 Å². The molecule has 0 amide bonds. The first-order valence-corrected chi connectivity index (χ1v) is 5.93. The van der Waals surface area contributed by atoms with Crippen molar-refractivity contribution in [3.63, 3.8) is 0 Å². The van der Waals surface area contributed by atoms with E-state index in [-0.39, 0.29) is 6.10 Å². The van der Waals surface area contributed by atoms with Crippen molar-refractivity contribution >= 4 is 0 Å². The van der Waals surface area contributed by atoms with Crippen LogP contribution in [0.1, 0.15) is 26.2 Å². The Morgan fingerprint density at radius 2 is 2.36 bits per heavy atom. The Bertz CT molecular complexity index is 172. The van der Waals surface area contributed by atoms with Crippen LogP contribution in [0.3, 0.4) is 0 Å². The second-order valence-electron chi connectivity index (χ2n) is 4.74. The predicted molar refractivity (Wildman–Crippen MR) is 57.3 cm³/mol. The first-order chi connectivity index (χ1) is 6.79. The summed E-state index contributed by atoms with van der Waals surface area (Å²) < 4.78 is 0. The van der Waals surface area contributed by atoms with Crippen LogP contribution in [-0.4, -0.2) is 48.3 Å².